The van der Waals surface area contributed by atoms with Crippen LogP contribution in [0.4, 0.5) is 5.69 Å². The Morgan fingerprint density at radius 1 is 0.889 bits per heavy atom. The normalized spacial score (nSPS) is 17.4. The summed E-state index contributed by atoms with van der Waals surface area (Å²) in [6, 6.07) is 27.4. The molecule has 36 heavy (non-hydrogen) atoms. The molecule has 1 heterocycles. The molecule has 2 unspecified atom stereocenters. The molecule has 0 spiro atoms. The van der Waals surface area contributed by atoms with Crippen LogP contribution >= 0.6 is 0 Å². The third kappa shape index (κ3) is 5.81. The van der Waals surface area contributed by atoms with Gasteiger partial charge in [-0.2, -0.15) is 0 Å². The van der Waals surface area contributed by atoms with Crippen molar-refractivity contribution in [3.8, 4) is 5.75 Å². The van der Waals surface area contributed by atoms with E-state index in [0.717, 1.165) is 18.7 Å². The van der Waals surface area contributed by atoms with Gasteiger partial charge in [-0.05, 0) is 59.5 Å². The Bertz CT molecular complexity index is 1140. The first kappa shape index (κ1) is 25.6. The van der Waals surface area contributed by atoms with Crippen LogP contribution in [-0.4, -0.2) is 26.7 Å². The Balaban J connectivity index is 1.75. The van der Waals surface area contributed by atoms with Gasteiger partial charge in [0.2, 0.25) is 0 Å². The lowest BCUT2D eigenvalue weighted by Gasteiger charge is -2.43. The molecule has 0 fully saturated rings. The zero-order valence-corrected chi connectivity index (χ0v) is 21.7. The molecular formula is C32H37NO3. The number of nitrogens with zero attached hydrogens (tertiary/aromatic N) is 1. The van der Waals surface area contributed by atoms with Crippen molar-refractivity contribution in [2.24, 2.45) is 5.92 Å². The molecular weight excluding hydrogens is 446 g/mol. The van der Waals surface area contributed by atoms with E-state index in [2.05, 4.69) is 72.5 Å². The molecule has 0 bridgehead atoms. The van der Waals surface area contributed by atoms with Gasteiger partial charge in [0.25, 0.3) is 0 Å². The topological polar surface area (TPSA) is 38.8 Å². The molecule has 0 saturated heterocycles. The number of anilines is 1. The summed E-state index contributed by atoms with van der Waals surface area (Å²) in [6.45, 7) is 3.07. The fourth-order valence-corrected chi connectivity index (χ4v) is 5.30. The minimum absolute atomic E-state index is 0.210. The van der Waals surface area contributed by atoms with Crippen LogP contribution < -0.4 is 9.64 Å². The standard InChI is InChI=1S/C32H37NO3/c1-4-5-6-10-13-30-29(24-14-16-26(17-15-24)32(34)36-3)22-23-33(27-18-20-28(35-2)21-19-27)31(30)25-11-8-7-9-12-25/h7-9,11-12,14-22,30-31H,4-6,10,13,23H2,1-3H3. The first-order valence-corrected chi connectivity index (χ1v) is 13.0. The van der Waals surface area contributed by atoms with Crippen LogP contribution in [0.1, 0.15) is 66.6 Å². The van der Waals surface area contributed by atoms with E-state index in [1.54, 1.807) is 7.11 Å². The highest BCUT2D eigenvalue weighted by molar-refractivity contribution is 5.89. The van der Waals surface area contributed by atoms with Crippen molar-refractivity contribution >= 4 is 17.2 Å². The van der Waals surface area contributed by atoms with Crippen molar-refractivity contribution in [3.63, 3.8) is 0 Å². The molecule has 0 N–H and O–H groups in total. The largest absolute Gasteiger partial charge is 0.497 e. The molecule has 4 nitrogen and oxygen atoms in total. The zero-order valence-electron chi connectivity index (χ0n) is 21.7. The number of carbonyl (C=O) groups excluding carboxylic acids is 1. The van der Waals surface area contributed by atoms with Crippen molar-refractivity contribution in [1.82, 2.24) is 0 Å². The number of benzene rings is 3. The van der Waals surface area contributed by atoms with Gasteiger partial charge in [0.15, 0.2) is 0 Å². The lowest BCUT2D eigenvalue weighted by atomic mass is 9.76. The van der Waals surface area contributed by atoms with Crippen LogP contribution in [0.15, 0.2) is 84.9 Å². The lowest BCUT2D eigenvalue weighted by molar-refractivity contribution is 0.0600. The summed E-state index contributed by atoms with van der Waals surface area (Å²) in [6.07, 6.45) is 8.40. The fraction of sp³-hybridized carbons (Fsp3) is 0.344. The van der Waals surface area contributed by atoms with E-state index in [4.69, 9.17) is 9.47 Å². The molecule has 4 rings (SSSR count). The van der Waals surface area contributed by atoms with Crippen LogP contribution in [-0.2, 0) is 4.74 Å². The molecule has 0 amide bonds. The second-order valence-electron chi connectivity index (χ2n) is 9.39. The molecule has 4 heteroatoms. The van der Waals surface area contributed by atoms with E-state index in [9.17, 15) is 4.79 Å². The minimum atomic E-state index is -0.303. The Hall–Kier alpha value is -3.53. The SMILES string of the molecule is CCCCCCC1C(c2ccc(C(=O)OC)cc2)=CCN(c2ccc(OC)cc2)C1c1ccccc1. The van der Waals surface area contributed by atoms with Gasteiger partial charge in [0, 0.05) is 18.2 Å². The quantitative estimate of drug-likeness (QED) is 0.219. The summed E-state index contributed by atoms with van der Waals surface area (Å²) in [5.41, 5.74) is 5.64. The monoisotopic (exact) mass is 483 g/mol. The number of ether oxygens (including phenoxy) is 2. The molecule has 1 aliphatic heterocycles. The first-order chi connectivity index (χ1) is 17.7. The lowest BCUT2D eigenvalue weighted by Crippen LogP contribution is -2.38. The second kappa shape index (κ2) is 12.4. The van der Waals surface area contributed by atoms with Crippen LogP contribution in [0.5, 0.6) is 5.75 Å². The van der Waals surface area contributed by atoms with Gasteiger partial charge in [0.1, 0.15) is 5.75 Å². The maximum Gasteiger partial charge on any atom is 0.337 e. The van der Waals surface area contributed by atoms with Crippen molar-refractivity contribution in [2.75, 3.05) is 25.7 Å². The van der Waals surface area contributed by atoms with Crippen LogP contribution in [0, 0.1) is 5.92 Å². The van der Waals surface area contributed by atoms with E-state index in [0.29, 0.717) is 11.5 Å². The van der Waals surface area contributed by atoms with Gasteiger partial charge < -0.3 is 14.4 Å². The van der Waals surface area contributed by atoms with E-state index in [-0.39, 0.29) is 12.0 Å². The highest BCUT2D eigenvalue weighted by Crippen LogP contribution is 2.45. The van der Waals surface area contributed by atoms with Gasteiger partial charge in [-0.1, -0.05) is 81.1 Å². The van der Waals surface area contributed by atoms with Crippen LogP contribution in [0.2, 0.25) is 0 Å². The molecule has 188 valence electrons. The number of unbranched alkanes of at least 4 members (excludes halogenated alkanes) is 3. The third-order valence-corrected chi connectivity index (χ3v) is 7.18. The van der Waals surface area contributed by atoms with E-state index in [1.165, 1.54) is 55.2 Å². The molecule has 0 aliphatic carbocycles. The maximum atomic E-state index is 12.0. The second-order valence-corrected chi connectivity index (χ2v) is 9.39. The van der Waals surface area contributed by atoms with Gasteiger partial charge >= 0.3 is 5.97 Å². The minimum Gasteiger partial charge on any atom is -0.497 e. The molecule has 3 aromatic carbocycles. The number of carbonyl (C=O) groups is 1. The van der Waals surface area contributed by atoms with Crippen molar-refractivity contribution < 1.29 is 14.3 Å². The molecule has 0 aromatic heterocycles. The Kier molecular flexibility index (Phi) is 8.83. The summed E-state index contributed by atoms with van der Waals surface area (Å²) >= 11 is 0. The van der Waals surface area contributed by atoms with Crippen LogP contribution in [0.3, 0.4) is 0 Å². The first-order valence-electron chi connectivity index (χ1n) is 13.0. The average molecular weight is 484 g/mol. The number of esters is 1. The zero-order chi connectivity index (χ0) is 25.3. The van der Waals surface area contributed by atoms with E-state index >= 15 is 0 Å². The Labute approximate surface area is 215 Å². The summed E-state index contributed by atoms with van der Waals surface area (Å²) in [4.78, 5) is 14.5. The number of rotatable bonds is 10. The maximum absolute atomic E-state index is 12.0. The van der Waals surface area contributed by atoms with Gasteiger partial charge in [-0.15, -0.1) is 0 Å². The third-order valence-electron chi connectivity index (χ3n) is 7.18. The van der Waals surface area contributed by atoms with Gasteiger partial charge in [-0.25, -0.2) is 4.79 Å². The summed E-state index contributed by atoms with van der Waals surface area (Å²) < 4.78 is 10.3. The number of hydrogen-bond acceptors (Lipinski definition) is 4. The summed E-state index contributed by atoms with van der Waals surface area (Å²) in [5.74, 6) is 0.886. The van der Waals surface area contributed by atoms with E-state index in [1.807, 2.05) is 24.3 Å². The predicted molar refractivity (Wildman–Crippen MR) is 148 cm³/mol. The highest BCUT2D eigenvalue weighted by atomic mass is 16.5. The highest BCUT2D eigenvalue weighted by Gasteiger charge is 2.35. The number of methoxy groups -OCH3 is 2. The van der Waals surface area contributed by atoms with Crippen molar-refractivity contribution in [2.45, 2.75) is 45.1 Å². The molecule has 1 aliphatic rings. The predicted octanol–water partition coefficient (Wildman–Crippen LogP) is 7.71. The molecule has 0 saturated carbocycles. The summed E-state index contributed by atoms with van der Waals surface area (Å²) in [7, 11) is 3.12. The van der Waals surface area contributed by atoms with Crippen molar-refractivity contribution in [3.05, 3.63) is 102 Å². The van der Waals surface area contributed by atoms with Crippen molar-refractivity contribution in [1.29, 1.82) is 0 Å². The molecule has 0 radical (unpaired) electrons. The molecule has 3 aromatic rings. The van der Waals surface area contributed by atoms with Crippen LogP contribution in [0.25, 0.3) is 5.57 Å². The average Bonchev–Trinajstić information content (AvgIpc) is 2.95. The number of hydrogen-bond donors (Lipinski definition) is 0. The van der Waals surface area contributed by atoms with Gasteiger partial charge in [-0.3, -0.25) is 0 Å². The fourth-order valence-electron chi connectivity index (χ4n) is 5.30. The van der Waals surface area contributed by atoms with E-state index < -0.39 is 0 Å². The Morgan fingerprint density at radius 3 is 2.25 bits per heavy atom. The van der Waals surface area contributed by atoms with Gasteiger partial charge in [0.05, 0.1) is 25.8 Å². The smallest absolute Gasteiger partial charge is 0.337 e. The Morgan fingerprint density at radius 2 is 1.61 bits per heavy atom. The summed E-state index contributed by atoms with van der Waals surface area (Å²) in [5, 5.41) is 0. The molecule has 2 atom stereocenters.